The number of carbonyl (C=O) groups excluding carboxylic acids is 6. The summed E-state index contributed by atoms with van der Waals surface area (Å²) in [4.78, 5) is 83.5. The summed E-state index contributed by atoms with van der Waals surface area (Å²) in [5.41, 5.74) is 0.171. The van der Waals surface area contributed by atoms with E-state index >= 15 is 0 Å². The summed E-state index contributed by atoms with van der Waals surface area (Å²) in [5.74, 6) is -10.9. The van der Waals surface area contributed by atoms with E-state index in [2.05, 4.69) is 90.9 Å². The Labute approximate surface area is 627 Å². The fourth-order valence-electron chi connectivity index (χ4n) is 12.6. The first kappa shape index (κ1) is 93.2. The van der Waals surface area contributed by atoms with Crippen molar-refractivity contribution in [2.24, 2.45) is 28.6 Å². The van der Waals surface area contributed by atoms with Crippen LogP contribution in [0.1, 0.15) is 244 Å². The fraction of sp³-hybridized carbons (Fsp3) is 0.643. The van der Waals surface area contributed by atoms with Gasteiger partial charge in [0.25, 0.3) is 6.43 Å². The Bertz CT molecular complexity index is 3410. The Kier molecular flexibility index (Phi) is 34.2. The van der Waals surface area contributed by atoms with E-state index in [4.69, 9.17) is 0 Å². The number of nitrogens with zero attached hydrogens (tertiary/aromatic N) is 6. The highest BCUT2D eigenvalue weighted by Gasteiger charge is 2.41. The number of carbonyl (C=O) groups is 6. The van der Waals surface area contributed by atoms with Crippen LogP contribution < -0.4 is 0 Å². The summed E-state index contributed by atoms with van der Waals surface area (Å²) in [6, 6.07) is 9.30. The van der Waals surface area contributed by atoms with Crippen molar-refractivity contribution in [1.29, 1.82) is 0 Å². The van der Waals surface area contributed by atoms with E-state index in [1.807, 2.05) is 82.5 Å². The van der Waals surface area contributed by atoms with Gasteiger partial charge < -0.3 is 29.4 Å². The SMILES string of the molecule is CC(C)CN1C=C(C(=O)C(C)(C)F)CCC1.CC(C)CN1C=C(C(=O)C(C)(F)F)CCC1.CC(C)CN1C=C(C(=O)C(F)F)CCC1.CC(F)(F)C(=O)C1=CN(C(C)(C)C)CCC1.CC1(C)CCN(C(C)(C)C)C=C1C(=O)c1c(F)cccc1F.CC1(C)CCN(C(C)(C)C)C=C1C(=O)c1ccc(F)cc1. The molecule has 0 unspecified atom stereocenters. The van der Waals surface area contributed by atoms with Gasteiger partial charge in [0.1, 0.15) is 17.5 Å². The summed E-state index contributed by atoms with van der Waals surface area (Å²) in [6.45, 7) is 51.0. The van der Waals surface area contributed by atoms with E-state index < -0.39 is 69.7 Å². The molecule has 0 saturated heterocycles. The molecule has 0 spiro atoms. The average molecular weight is 1500 g/mol. The number of hydrogen-bond donors (Lipinski definition) is 0. The Hall–Kier alpha value is -7.00. The largest absolute Gasteiger partial charge is 0.377 e. The molecule has 106 heavy (non-hydrogen) atoms. The number of allylic oxidation sites excluding steroid dienone is 6. The highest BCUT2D eigenvalue weighted by atomic mass is 19.3. The van der Waals surface area contributed by atoms with Crippen molar-refractivity contribution >= 4 is 34.7 Å². The molecular formula is C84H124F10N6O6. The van der Waals surface area contributed by atoms with Crippen LogP contribution in [0.15, 0.2) is 113 Å². The third kappa shape index (κ3) is 29.9. The van der Waals surface area contributed by atoms with E-state index in [-0.39, 0.29) is 56.1 Å². The van der Waals surface area contributed by atoms with Crippen molar-refractivity contribution in [2.45, 2.75) is 264 Å². The first-order valence-corrected chi connectivity index (χ1v) is 37.4. The van der Waals surface area contributed by atoms with E-state index in [1.54, 1.807) is 36.9 Å². The zero-order valence-corrected chi connectivity index (χ0v) is 67.7. The van der Waals surface area contributed by atoms with Gasteiger partial charge >= 0.3 is 11.8 Å². The molecule has 596 valence electrons. The van der Waals surface area contributed by atoms with Gasteiger partial charge in [0.2, 0.25) is 17.3 Å². The summed E-state index contributed by atoms with van der Waals surface area (Å²) in [6.07, 6.45) is 14.7. The molecule has 22 heteroatoms. The van der Waals surface area contributed by atoms with Crippen molar-refractivity contribution in [2.75, 3.05) is 58.9 Å². The second kappa shape index (κ2) is 38.9. The van der Waals surface area contributed by atoms with Crippen LogP contribution in [-0.2, 0) is 19.2 Å². The zero-order chi connectivity index (χ0) is 81.2. The van der Waals surface area contributed by atoms with Gasteiger partial charge in [-0.1, -0.05) is 75.3 Å². The molecule has 6 heterocycles. The highest BCUT2D eigenvalue weighted by molar-refractivity contribution is 6.10. The van der Waals surface area contributed by atoms with Gasteiger partial charge in [-0.25, -0.2) is 26.3 Å². The van der Waals surface area contributed by atoms with Crippen LogP contribution in [0.4, 0.5) is 43.9 Å². The van der Waals surface area contributed by atoms with Gasteiger partial charge in [0, 0.05) is 166 Å². The lowest BCUT2D eigenvalue weighted by Gasteiger charge is -2.43. The molecule has 0 aromatic heterocycles. The van der Waals surface area contributed by atoms with Crippen LogP contribution in [0.3, 0.4) is 0 Å². The van der Waals surface area contributed by atoms with Crippen LogP contribution >= 0.6 is 0 Å². The third-order valence-electron chi connectivity index (χ3n) is 18.7. The van der Waals surface area contributed by atoms with Crippen LogP contribution in [0.5, 0.6) is 0 Å². The van der Waals surface area contributed by atoms with E-state index in [0.717, 1.165) is 115 Å². The number of alkyl halides is 7. The number of rotatable bonds is 18. The average Bonchev–Trinajstić information content (AvgIpc) is 0.828. The van der Waals surface area contributed by atoms with E-state index in [1.165, 1.54) is 32.0 Å². The molecule has 2 aromatic carbocycles. The Balaban J connectivity index is 0.000000332. The zero-order valence-electron chi connectivity index (χ0n) is 67.7. The Morgan fingerprint density at radius 3 is 1.08 bits per heavy atom. The molecule has 6 aliphatic rings. The molecule has 0 atom stereocenters. The van der Waals surface area contributed by atoms with Gasteiger partial charge in [0.15, 0.2) is 23.0 Å². The predicted molar refractivity (Wildman–Crippen MR) is 405 cm³/mol. The summed E-state index contributed by atoms with van der Waals surface area (Å²) in [5, 5.41) is 0. The van der Waals surface area contributed by atoms with Crippen LogP contribution in [0.2, 0.25) is 0 Å². The fourth-order valence-corrected chi connectivity index (χ4v) is 12.6. The first-order chi connectivity index (χ1) is 48.4. The monoisotopic (exact) mass is 1500 g/mol. The van der Waals surface area contributed by atoms with E-state index in [9.17, 15) is 72.7 Å². The number of ketones is 6. The van der Waals surface area contributed by atoms with Crippen LogP contribution in [-0.4, -0.2) is 164 Å². The smallest absolute Gasteiger partial charge is 0.306 e. The molecule has 0 bridgehead atoms. The lowest BCUT2D eigenvalue weighted by Crippen LogP contribution is -2.44. The van der Waals surface area contributed by atoms with Crippen LogP contribution in [0.25, 0.3) is 0 Å². The highest BCUT2D eigenvalue weighted by Crippen LogP contribution is 2.41. The van der Waals surface area contributed by atoms with Crippen molar-refractivity contribution in [3.8, 4) is 0 Å². The maximum atomic E-state index is 13.9. The number of hydrogen-bond acceptors (Lipinski definition) is 12. The molecule has 0 N–H and O–H groups in total. The van der Waals surface area contributed by atoms with Crippen molar-refractivity contribution in [3.63, 3.8) is 0 Å². The molecular weight excluding hydrogens is 1380 g/mol. The summed E-state index contributed by atoms with van der Waals surface area (Å²) in [7, 11) is 0. The topological polar surface area (TPSA) is 122 Å². The number of Topliss-reactive ketones (excluding diaryl/α,β-unsaturated/α-hetero) is 6. The molecule has 12 nitrogen and oxygen atoms in total. The van der Waals surface area contributed by atoms with Crippen molar-refractivity contribution in [3.05, 3.63) is 142 Å². The maximum absolute atomic E-state index is 13.9. The molecule has 0 radical (unpaired) electrons. The minimum atomic E-state index is -3.26. The molecule has 2 aromatic rings. The Morgan fingerprint density at radius 2 is 0.736 bits per heavy atom. The third-order valence-corrected chi connectivity index (χ3v) is 18.7. The summed E-state index contributed by atoms with van der Waals surface area (Å²) >= 11 is 0. The lowest BCUT2D eigenvalue weighted by atomic mass is 9.75. The molecule has 8 rings (SSSR count). The predicted octanol–water partition coefficient (Wildman–Crippen LogP) is 20.2. The number of halogens is 10. The molecule has 0 saturated carbocycles. The maximum Gasteiger partial charge on any atom is 0.306 e. The van der Waals surface area contributed by atoms with Gasteiger partial charge in [-0.3, -0.25) is 28.8 Å². The van der Waals surface area contributed by atoms with Crippen molar-refractivity contribution < 1.29 is 72.7 Å². The number of benzene rings is 2. The van der Waals surface area contributed by atoms with Gasteiger partial charge in [-0.15, -0.1) is 0 Å². The molecule has 0 aliphatic carbocycles. The van der Waals surface area contributed by atoms with E-state index in [0.29, 0.717) is 74.0 Å². The van der Waals surface area contributed by atoms with Crippen LogP contribution in [0, 0.1) is 46.0 Å². The lowest BCUT2D eigenvalue weighted by molar-refractivity contribution is -0.137. The van der Waals surface area contributed by atoms with Gasteiger partial charge in [0.05, 0.1) is 5.56 Å². The quantitative estimate of drug-likeness (QED) is 0.104. The minimum absolute atomic E-state index is 0.00560. The minimum Gasteiger partial charge on any atom is -0.377 e. The first-order valence-electron chi connectivity index (χ1n) is 37.4. The molecule has 0 amide bonds. The molecule has 0 fully saturated rings. The second-order valence-electron chi connectivity index (χ2n) is 34.8. The molecule has 6 aliphatic heterocycles. The Morgan fingerprint density at radius 1 is 0.415 bits per heavy atom. The standard InChI is InChI=1S/C18H23F2NO.C18H24FNO.C13H22FNO.2C12H19F2NO.C11H17F2NO/c1-17(2,3)21-10-9-18(4,5)12(11-21)16(22)15-13(19)7-6-8-14(15)20;1-17(2,3)20-11-10-18(4,5)15(12-20)16(21)13-6-8-14(19)9-7-13;1-10(2)8-15-7-5-6-11(9-15)12(16)13(3,4)14;1-11(2,3)15-7-5-6-9(8-15)10(16)12(4,13)14;1-9(2)7-15-6-4-5-10(8-15)11(16)12(3,13)14;1-8(2)6-14-5-3-4-9(7-14)10(15)11(12)13/h6-8,11H,9-10H2,1-5H3;6-9,12H,10-11H2,1-5H3;9-10H,5-8H2,1-4H3;8H,5-7H2,1-4H3;8-9H,4-7H2,1-3H3;7-8,11H,3-6H2,1-2H3. The summed E-state index contributed by atoms with van der Waals surface area (Å²) < 4.78 is 130. The normalized spacial score (nSPS) is 17.9. The van der Waals surface area contributed by atoms with Gasteiger partial charge in [-0.05, 0) is 205 Å². The van der Waals surface area contributed by atoms with Gasteiger partial charge in [-0.2, -0.15) is 17.6 Å². The second-order valence-corrected chi connectivity index (χ2v) is 34.8. The van der Waals surface area contributed by atoms with Crippen molar-refractivity contribution in [1.82, 2.24) is 29.4 Å².